The highest BCUT2D eigenvalue weighted by Crippen LogP contribution is 2.36. The Morgan fingerprint density at radius 3 is 2.72 bits per heavy atom. The van der Waals surface area contributed by atoms with E-state index in [4.69, 9.17) is 4.74 Å². The van der Waals surface area contributed by atoms with Crippen molar-refractivity contribution in [2.45, 2.75) is 44.6 Å². The first-order valence-corrected chi connectivity index (χ1v) is 12.5. The zero-order valence-corrected chi connectivity index (χ0v) is 21.3. The molecule has 0 radical (unpaired) electrons. The van der Waals surface area contributed by atoms with Crippen LogP contribution in [0, 0.1) is 0 Å². The Labute approximate surface area is 212 Å². The van der Waals surface area contributed by atoms with Crippen LogP contribution in [0.1, 0.15) is 49.1 Å². The van der Waals surface area contributed by atoms with E-state index in [2.05, 4.69) is 37.5 Å². The van der Waals surface area contributed by atoms with Crippen molar-refractivity contribution in [1.82, 2.24) is 20.2 Å². The fourth-order valence-corrected chi connectivity index (χ4v) is 4.62. The number of aromatic nitrogens is 2. The summed E-state index contributed by atoms with van der Waals surface area (Å²) in [6.07, 6.45) is 7.70. The molecule has 2 aromatic rings. The molecule has 4 rings (SSSR count). The van der Waals surface area contributed by atoms with Crippen molar-refractivity contribution in [2.24, 2.45) is 4.99 Å². The summed E-state index contributed by atoms with van der Waals surface area (Å²) >= 11 is 0. The van der Waals surface area contributed by atoms with Crippen molar-refractivity contribution < 1.29 is 14.3 Å². The fraction of sp³-hybridized carbons (Fsp3) is 0.500. The summed E-state index contributed by atoms with van der Waals surface area (Å²) in [6.45, 7) is 2.73. The van der Waals surface area contributed by atoms with Gasteiger partial charge in [0.05, 0.1) is 18.4 Å². The number of nitrogens with zero attached hydrogens (tertiary/aromatic N) is 5. The molecule has 1 atom stereocenters. The molecule has 2 amide bonds. The van der Waals surface area contributed by atoms with E-state index in [0.29, 0.717) is 36.7 Å². The van der Waals surface area contributed by atoms with Crippen LogP contribution in [0.25, 0.3) is 0 Å². The molecule has 0 spiro atoms. The van der Waals surface area contributed by atoms with Crippen LogP contribution in [0.4, 0.5) is 17.3 Å². The number of nitrogens with one attached hydrogen (secondary N) is 2. The monoisotopic (exact) mass is 493 g/mol. The molecule has 1 aromatic carbocycles. The molecule has 0 saturated heterocycles. The molecule has 2 aliphatic rings. The number of rotatable bonds is 1. The van der Waals surface area contributed by atoms with Crippen LogP contribution in [-0.2, 0) is 16.1 Å². The lowest BCUT2D eigenvalue weighted by Crippen LogP contribution is -2.33. The summed E-state index contributed by atoms with van der Waals surface area (Å²) in [5.74, 6) is 1.21. The van der Waals surface area contributed by atoms with E-state index in [0.717, 1.165) is 55.8 Å². The van der Waals surface area contributed by atoms with Gasteiger partial charge in [0.15, 0.2) is 0 Å². The molecule has 1 unspecified atom stereocenters. The fourth-order valence-electron chi connectivity index (χ4n) is 4.62. The van der Waals surface area contributed by atoms with Gasteiger partial charge in [-0.1, -0.05) is 12.8 Å². The van der Waals surface area contributed by atoms with Crippen LogP contribution in [0.2, 0.25) is 0 Å². The molecule has 0 aliphatic carbocycles. The van der Waals surface area contributed by atoms with E-state index in [1.54, 1.807) is 13.3 Å². The lowest BCUT2D eigenvalue weighted by Gasteiger charge is -2.21. The number of carbonyl (C=O) groups is 2. The Kier molecular flexibility index (Phi) is 8.48. The van der Waals surface area contributed by atoms with E-state index in [1.165, 1.54) is 6.33 Å². The summed E-state index contributed by atoms with van der Waals surface area (Å²) in [7, 11) is 5.66. The van der Waals surface area contributed by atoms with Crippen molar-refractivity contribution in [1.29, 1.82) is 0 Å². The summed E-state index contributed by atoms with van der Waals surface area (Å²) in [6, 6.07) is 5.81. The van der Waals surface area contributed by atoms with Crippen molar-refractivity contribution in [3.63, 3.8) is 0 Å². The normalized spacial score (nSPS) is 20.2. The van der Waals surface area contributed by atoms with E-state index >= 15 is 0 Å². The Hall–Kier alpha value is -3.53. The van der Waals surface area contributed by atoms with E-state index < -0.39 is 5.92 Å². The number of hydrogen-bond donors (Lipinski definition) is 2. The van der Waals surface area contributed by atoms with Gasteiger partial charge in [-0.2, -0.15) is 0 Å². The SMILES string of the molecule is COc1ccc2cc1CN(C)CCCCCCC(=O)NCCN(C)c1ncnc3c1C(C=N2)C(=O)N3. The van der Waals surface area contributed by atoms with Gasteiger partial charge in [-0.3, -0.25) is 14.6 Å². The van der Waals surface area contributed by atoms with Crippen LogP contribution in [0.15, 0.2) is 29.5 Å². The molecular weight excluding hydrogens is 458 g/mol. The second kappa shape index (κ2) is 11.9. The van der Waals surface area contributed by atoms with Gasteiger partial charge in [0.2, 0.25) is 11.8 Å². The second-order valence-corrected chi connectivity index (χ2v) is 9.37. The smallest absolute Gasteiger partial charge is 0.238 e. The predicted molar refractivity (Wildman–Crippen MR) is 140 cm³/mol. The van der Waals surface area contributed by atoms with Crippen LogP contribution < -0.4 is 20.3 Å². The summed E-state index contributed by atoms with van der Waals surface area (Å²) in [4.78, 5) is 42.7. The lowest BCUT2D eigenvalue weighted by atomic mass is 10.0. The van der Waals surface area contributed by atoms with E-state index in [9.17, 15) is 9.59 Å². The highest BCUT2D eigenvalue weighted by Gasteiger charge is 2.34. The van der Waals surface area contributed by atoms with Crippen LogP contribution in [0.3, 0.4) is 0 Å². The Balaban J connectivity index is 1.63. The minimum Gasteiger partial charge on any atom is -0.496 e. The van der Waals surface area contributed by atoms with Gasteiger partial charge in [0.25, 0.3) is 0 Å². The molecule has 0 saturated carbocycles. The molecule has 1 aromatic heterocycles. The number of aliphatic imine (C=N–C) groups is 1. The van der Waals surface area contributed by atoms with E-state index in [1.807, 2.05) is 30.1 Å². The average molecular weight is 494 g/mol. The van der Waals surface area contributed by atoms with Crippen LogP contribution >= 0.6 is 0 Å². The molecule has 192 valence electrons. The standard InChI is InChI=1S/C26H35N7O3/c1-32-12-7-5-4-6-8-22(34)27-11-13-33(2)25-23-20(26(35)31-24(23)29-17-30-25)15-28-19-9-10-21(36-3)18(14-19)16-32/h9-10,14-15,17,20H,4-8,11-13,16H2,1-3H3,(H,27,34)(H,29,30,31,35). The largest absolute Gasteiger partial charge is 0.496 e. The first-order chi connectivity index (χ1) is 17.5. The number of hydrogen-bond acceptors (Lipinski definition) is 8. The predicted octanol–water partition coefficient (Wildman–Crippen LogP) is 2.87. The highest BCUT2D eigenvalue weighted by molar-refractivity contribution is 6.13. The van der Waals surface area contributed by atoms with Gasteiger partial charge in [-0.25, -0.2) is 9.97 Å². The lowest BCUT2D eigenvalue weighted by molar-refractivity contribution is -0.121. The second-order valence-electron chi connectivity index (χ2n) is 9.37. The number of methoxy groups -OCH3 is 1. The quantitative estimate of drug-likeness (QED) is 0.628. The molecule has 2 N–H and O–H groups in total. The Bertz CT molecular complexity index is 1120. The van der Waals surface area contributed by atoms with Gasteiger partial charge >= 0.3 is 0 Å². The molecule has 2 aliphatic heterocycles. The third-order valence-corrected chi connectivity index (χ3v) is 6.60. The van der Waals surface area contributed by atoms with Gasteiger partial charge < -0.3 is 25.2 Å². The third kappa shape index (κ3) is 6.17. The Morgan fingerprint density at radius 2 is 1.89 bits per heavy atom. The minimum atomic E-state index is -0.615. The zero-order chi connectivity index (χ0) is 25.5. The van der Waals surface area contributed by atoms with Crippen molar-refractivity contribution in [3.8, 4) is 5.75 Å². The molecule has 36 heavy (non-hydrogen) atoms. The number of benzene rings is 1. The summed E-state index contributed by atoms with van der Waals surface area (Å²) in [5, 5.41) is 5.84. The van der Waals surface area contributed by atoms with Crippen molar-refractivity contribution in [3.05, 3.63) is 35.7 Å². The van der Waals surface area contributed by atoms with Gasteiger partial charge in [0.1, 0.15) is 29.6 Å². The first-order valence-electron chi connectivity index (χ1n) is 12.5. The number of fused-ring (bicyclic) bond motifs is 2. The van der Waals surface area contributed by atoms with Crippen molar-refractivity contribution in [2.75, 3.05) is 51.1 Å². The number of likely N-dealkylation sites (N-methyl/N-ethyl adjacent to an activating group) is 1. The zero-order valence-electron chi connectivity index (χ0n) is 21.3. The number of anilines is 2. The number of amides is 2. The molecular formula is C26H35N7O3. The third-order valence-electron chi connectivity index (χ3n) is 6.60. The Morgan fingerprint density at radius 1 is 1.06 bits per heavy atom. The van der Waals surface area contributed by atoms with Crippen LogP contribution in [-0.4, -0.2) is 73.7 Å². The average Bonchev–Trinajstić information content (AvgIpc) is 3.19. The molecule has 10 nitrogen and oxygen atoms in total. The maximum atomic E-state index is 12.8. The maximum absolute atomic E-state index is 12.8. The van der Waals surface area contributed by atoms with Gasteiger partial charge in [-0.15, -0.1) is 0 Å². The highest BCUT2D eigenvalue weighted by atomic mass is 16.5. The molecule has 10 heteroatoms. The summed E-state index contributed by atoms with van der Waals surface area (Å²) in [5.41, 5.74) is 2.48. The molecule has 2 bridgehead atoms. The van der Waals surface area contributed by atoms with Crippen LogP contribution in [0.5, 0.6) is 5.75 Å². The van der Waals surface area contributed by atoms with Gasteiger partial charge in [0, 0.05) is 44.9 Å². The summed E-state index contributed by atoms with van der Waals surface area (Å²) < 4.78 is 5.58. The topological polar surface area (TPSA) is 112 Å². The maximum Gasteiger partial charge on any atom is 0.238 e. The van der Waals surface area contributed by atoms with Crippen molar-refractivity contribution >= 4 is 35.4 Å². The van der Waals surface area contributed by atoms with E-state index in [-0.39, 0.29) is 11.8 Å². The number of ether oxygens (including phenoxy) is 1. The molecule has 0 fully saturated rings. The molecule has 3 heterocycles. The first kappa shape index (κ1) is 25.6. The minimum absolute atomic E-state index is 0.0625. The van der Waals surface area contributed by atoms with Gasteiger partial charge in [-0.05, 0) is 44.6 Å². The number of carbonyl (C=O) groups excluding carboxylic acids is 2.